The molecule has 1 aromatic heterocycles. The molecule has 0 aliphatic carbocycles. The monoisotopic (exact) mass is 325 g/mol. The van der Waals surface area contributed by atoms with Crippen molar-refractivity contribution in [1.29, 1.82) is 0 Å². The standard InChI is InChI=1S/C19H20FN3O/c20-17-5-3-4-14(8-17)9-22-10-15-12-23(13-16(15)11-22)19(24)18-6-1-2-7-21-18/h1-8,15-16H,9-13H2/t15-,16-/m0/s1. The average molecular weight is 325 g/mol. The van der Waals surface area contributed by atoms with E-state index >= 15 is 0 Å². The van der Waals surface area contributed by atoms with E-state index in [2.05, 4.69) is 9.88 Å². The minimum absolute atomic E-state index is 0.0293. The maximum Gasteiger partial charge on any atom is 0.272 e. The number of pyridine rings is 1. The number of rotatable bonds is 3. The zero-order valence-electron chi connectivity index (χ0n) is 13.4. The number of aromatic nitrogens is 1. The van der Waals surface area contributed by atoms with Crippen LogP contribution in [0, 0.1) is 17.7 Å². The van der Waals surface area contributed by atoms with Crippen LogP contribution in [-0.4, -0.2) is 46.9 Å². The van der Waals surface area contributed by atoms with Gasteiger partial charge in [0, 0.05) is 38.9 Å². The molecule has 0 saturated carbocycles. The van der Waals surface area contributed by atoms with E-state index in [4.69, 9.17) is 0 Å². The van der Waals surface area contributed by atoms with Crippen LogP contribution in [0.2, 0.25) is 0 Å². The van der Waals surface area contributed by atoms with Gasteiger partial charge >= 0.3 is 0 Å². The van der Waals surface area contributed by atoms with Gasteiger partial charge in [0.05, 0.1) is 0 Å². The van der Waals surface area contributed by atoms with E-state index in [1.165, 1.54) is 6.07 Å². The van der Waals surface area contributed by atoms with Gasteiger partial charge in [-0.1, -0.05) is 18.2 Å². The Bertz CT molecular complexity index is 722. The Morgan fingerprint density at radius 1 is 1.08 bits per heavy atom. The SMILES string of the molecule is O=C(c1ccccn1)N1C[C@@H]2CN(Cc3cccc(F)c3)C[C@H]2C1. The average Bonchev–Trinajstić information content (AvgIpc) is 3.13. The minimum atomic E-state index is -0.181. The van der Waals surface area contributed by atoms with Gasteiger partial charge in [-0.05, 0) is 41.7 Å². The summed E-state index contributed by atoms with van der Waals surface area (Å²) in [5.74, 6) is 0.859. The van der Waals surface area contributed by atoms with E-state index in [1.54, 1.807) is 24.4 Å². The first kappa shape index (κ1) is 15.3. The van der Waals surface area contributed by atoms with Crippen molar-refractivity contribution in [2.45, 2.75) is 6.54 Å². The second kappa shape index (κ2) is 6.32. The van der Waals surface area contributed by atoms with E-state index in [1.807, 2.05) is 23.1 Å². The molecule has 2 atom stereocenters. The number of nitrogens with zero attached hydrogens (tertiary/aromatic N) is 3. The zero-order chi connectivity index (χ0) is 16.5. The summed E-state index contributed by atoms with van der Waals surface area (Å²) in [6, 6.07) is 12.2. The maximum absolute atomic E-state index is 13.3. The lowest BCUT2D eigenvalue weighted by atomic mass is 10.0. The molecule has 2 fully saturated rings. The van der Waals surface area contributed by atoms with E-state index in [0.29, 0.717) is 17.5 Å². The van der Waals surface area contributed by atoms with E-state index < -0.39 is 0 Å². The number of halogens is 1. The minimum Gasteiger partial charge on any atom is -0.337 e. The summed E-state index contributed by atoms with van der Waals surface area (Å²) in [6.45, 7) is 4.29. The van der Waals surface area contributed by atoms with E-state index in [9.17, 15) is 9.18 Å². The van der Waals surface area contributed by atoms with Crippen molar-refractivity contribution in [3.8, 4) is 0 Å². The van der Waals surface area contributed by atoms with Gasteiger partial charge in [0.15, 0.2) is 0 Å². The third-order valence-electron chi connectivity index (χ3n) is 5.03. The number of carbonyl (C=O) groups is 1. The van der Waals surface area contributed by atoms with Crippen LogP contribution in [0.5, 0.6) is 0 Å². The van der Waals surface area contributed by atoms with Crippen molar-refractivity contribution >= 4 is 5.91 Å². The molecule has 3 heterocycles. The number of amides is 1. The molecule has 1 aromatic carbocycles. The molecule has 2 aliphatic rings. The molecule has 124 valence electrons. The van der Waals surface area contributed by atoms with Gasteiger partial charge in [-0.3, -0.25) is 14.7 Å². The molecule has 0 N–H and O–H groups in total. The Balaban J connectivity index is 1.36. The first-order valence-corrected chi connectivity index (χ1v) is 8.36. The number of carbonyl (C=O) groups excluding carboxylic acids is 1. The first-order chi connectivity index (χ1) is 11.7. The van der Waals surface area contributed by atoms with Crippen LogP contribution in [0.25, 0.3) is 0 Å². The lowest BCUT2D eigenvalue weighted by Gasteiger charge is -2.21. The van der Waals surface area contributed by atoms with Crippen LogP contribution in [0.3, 0.4) is 0 Å². The van der Waals surface area contributed by atoms with E-state index in [0.717, 1.165) is 38.3 Å². The smallest absolute Gasteiger partial charge is 0.272 e. The largest absolute Gasteiger partial charge is 0.337 e. The molecule has 2 aromatic rings. The molecule has 2 aliphatic heterocycles. The molecule has 4 rings (SSSR count). The molecular formula is C19H20FN3O. The summed E-state index contributed by atoms with van der Waals surface area (Å²) in [6.07, 6.45) is 1.66. The van der Waals surface area contributed by atoms with Crippen molar-refractivity contribution in [1.82, 2.24) is 14.8 Å². The van der Waals surface area contributed by atoms with Gasteiger partial charge in [0.1, 0.15) is 11.5 Å². The van der Waals surface area contributed by atoms with Crippen LogP contribution in [0.1, 0.15) is 16.1 Å². The molecular weight excluding hydrogens is 305 g/mol. The Kier molecular flexibility index (Phi) is 4.02. The van der Waals surface area contributed by atoms with Crippen molar-refractivity contribution in [3.63, 3.8) is 0 Å². The van der Waals surface area contributed by atoms with Gasteiger partial charge in [0.2, 0.25) is 0 Å². The van der Waals surface area contributed by atoms with Gasteiger partial charge in [0.25, 0.3) is 5.91 Å². The molecule has 2 saturated heterocycles. The van der Waals surface area contributed by atoms with Crippen LogP contribution >= 0.6 is 0 Å². The quantitative estimate of drug-likeness (QED) is 0.870. The topological polar surface area (TPSA) is 36.4 Å². The second-order valence-electron chi connectivity index (χ2n) is 6.77. The summed E-state index contributed by atoms with van der Waals surface area (Å²) in [7, 11) is 0. The van der Waals surface area contributed by atoms with Crippen LogP contribution < -0.4 is 0 Å². The van der Waals surface area contributed by atoms with Crippen LogP contribution in [0.4, 0.5) is 4.39 Å². The highest BCUT2D eigenvalue weighted by atomic mass is 19.1. The van der Waals surface area contributed by atoms with Gasteiger partial charge < -0.3 is 4.90 Å². The van der Waals surface area contributed by atoms with Crippen molar-refractivity contribution in [2.24, 2.45) is 11.8 Å². The molecule has 24 heavy (non-hydrogen) atoms. The Morgan fingerprint density at radius 2 is 1.88 bits per heavy atom. The normalized spacial score (nSPS) is 23.5. The van der Waals surface area contributed by atoms with Gasteiger partial charge in [-0.2, -0.15) is 0 Å². The highest BCUT2D eigenvalue weighted by Gasteiger charge is 2.41. The Morgan fingerprint density at radius 3 is 2.54 bits per heavy atom. The third kappa shape index (κ3) is 3.04. The number of hydrogen-bond donors (Lipinski definition) is 0. The summed E-state index contributed by atoms with van der Waals surface area (Å²) in [4.78, 5) is 21.0. The molecule has 5 heteroatoms. The number of hydrogen-bond acceptors (Lipinski definition) is 3. The fourth-order valence-corrected chi connectivity index (χ4v) is 3.93. The van der Waals surface area contributed by atoms with Crippen molar-refractivity contribution < 1.29 is 9.18 Å². The van der Waals surface area contributed by atoms with Crippen molar-refractivity contribution in [2.75, 3.05) is 26.2 Å². The van der Waals surface area contributed by atoms with Crippen LogP contribution in [-0.2, 0) is 6.54 Å². The predicted octanol–water partition coefficient (Wildman–Crippen LogP) is 2.42. The zero-order valence-corrected chi connectivity index (χ0v) is 13.4. The third-order valence-corrected chi connectivity index (χ3v) is 5.03. The lowest BCUT2D eigenvalue weighted by molar-refractivity contribution is 0.0767. The van der Waals surface area contributed by atoms with E-state index in [-0.39, 0.29) is 11.7 Å². The lowest BCUT2D eigenvalue weighted by Crippen LogP contribution is -2.33. The molecule has 0 spiro atoms. The molecule has 4 nitrogen and oxygen atoms in total. The number of likely N-dealkylation sites (tertiary alicyclic amines) is 2. The number of benzene rings is 1. The summed E-state index contributed by atoms with van der Waals surface area (Å²) in [5, 5.41) is 0. The molecule has 0 bridgehead atoms. The summed E-state index contributed by atoms with van der Waals surface area (Å²) < 4.78 is 13.3. The van der Waals surface area contributed by atoms with Gasteiger partial charge in [-0.25, -0.2) is 4.39 Å². The fourth-order valence-electron chi connectivity index (χ4n) is 3.93. The molecule has 1 amide bonds. The summed E-state index contributed by atoms with van der Waals surface area (Å²) in [5.41, 5.74) is 1.53. The molecule has 0 unspecified atom stereocenters. The highest BCUT2D eigenvalue weighted by molar-refractivity contribution is 5.92. The first-order valence-electron chi connectivity index (χ1n) is 8.36. The second-order valence-corrected chi connectivity index (χ2v) is 6.77. The van der Waals surface area contributed by atoms with Gasteiger partial charge in [-0.15, -0.1) is 0 Å². The molecule has 0 radical (unpaired) electrons. The van der Waals surface area contributed by atoms with Crippen LogP contribution in [0.15, 0.2) is 48.7 Å². The fraction of sp³-hybridized carbons (Fsp3) is 0.368. The Hall–Kier alpha value is -2.27. The number of fused-ring (bicyclic) bond motifs is 1. The maximum atomic E-state index is 13.3. The predicted molar refractivity (Wildman–Crippen MR) is 88.8 cm³/mol. The Labute approximate surface area is 140 Å². The highest BCUT2D eigenvalue weighted by Crippen LogP contribution is 2.32. The summed E-state index contributed by atoms with van der Waals surface area (Å²) >= 11 is 0. The van der Waals surface area contributed by atoms with Crippen molar-refractivity contribution in [3.05, 3.63) is 65.7 Å².